The number of carbonyl (C=O) groups is 2. The van der Waals surface area contributed by atoms with Crippen molar-refractivity contribution in [2.45, 2.75) is 37.9 Å². The van der Waals surface area contributed by atoms with Crippen molar-refractivity contribution in [3.63, 3.8) is 0 Å². The third kappa shape index (κ3) is 5.70. The zero-order valence-electron chi connectivity index (χ0n) is 18.1. The number of thiophene rings is 1. The zero-order chi connectivity index (χ0) is 23.4. The van der Waals surface area contributed by atoms with Gasteiger partial charge in [-0.15, -0.1) is 11.3 Å². The number of aliphatic hydroxyl groups is 2. The number of hydrogen-bond donors (Lipinski definition) is 4. The van der Waals surface area contributed by atoms with Crippen LogP contribution in [0.4, 0.5) is 15.5 Å². The van der Waals surface area contributed by atoms with E-state index in [0.717, 1.165) is 35.3 Å². The Kier molecular flexibility index (Phi) is 7.26. The minimum Gasteiger partial charge on any atom is -0.449 e. The van der Waals surface area contributed by atoms with Gasteiger partial charge in [0.1, 0.15) is 5.00 Å². The Morgan fingerprint density at radius 2 is 2.18 bits per heavy atom. The molecule has 2 amide bonds. The van der Waals surface area contributed by atoms with E-state index in [1.807, 2.05) is 6.07 Å². The highest BCUT2D eigenvalue weighted by atomic mass is 32.1. The number of aliphatic hydroxyl groups excluding tert-OH is 2. The van der Waals surface area contributed by atoms with Gasteiger partial charge in [-0.2, -0.15) is 0 Å². The summed E-state index contributed by atoms with van der Waals surface area (Å²) in [5, 5.41) is 22.9. The van der Waals surface area contributed by atoms with Crippen molar-refractivity contribution in [1.29, 1.82) is 0 Å². The summed E-state index contributed by atoms with van der Waals surface area (Å²) in [4.78, 5) is 31.2. The summed E-state index contributed by atoms with van der Waals surface area (Å²) < 4.78 is 5.48. The number of hydrogen-bond acceptors (Lipinski definition) is 8. The number of amides is 2. The van der Waals surface area contributed by atoms with E-state index in [4.69, 9.17) is 10.5 Å². The van der Waals surface area contributed by atoms with Crippen LogP contribution in [0.2, 0.25) is 0 Å². The van der Waals surface area contributed by atoms with Crippen molar-refractivity contribution in [2.24, 2.45) is 5.92 Å². The van der Waals surface area contributed by atoms with Gasteiger partial charge in [0.25, 0.3) is 0 Å². The first-order chi connectivity index (χ1) is 15.9. The maximum atomic E-state index is 12.3. The largest absolute Gasteiger partial charge is 0.449 e. The van der Waals surface area contributed by atoms with Crippen LogP contribution in [0.3, 0.4) is 0 Å². The average molecular weight is 473 g/mol. The molecule has 2 aliphatic rings. The number of pyridine rings is 1. The number of β-amino-alcohol motifs (C(OH)–C–C–N with tert-alkyl or cyclic N) is 1. The summed E-state index contributed by atoms with van der Waals surface area (Å²) in [6.45, 7) is 0.723. The molecular weight excluding hydrogens is 444 g/mol. The highest BCUT2D eigenvalue weighted by Crippen LogP contribution is 2.41. The lowest BCUT2D eigenvalue weighted by molar-refractivity contribution is -0.111. The number of ether oxygens (including phenoxy) is 1. The van der Waals surface area contributed by atoms with E-state index >= 15 is 0 Å². The minimum absolute atomic E-state index is 0.0779. The van der Waals surface area contributed by atoms with Gasteiger partial charge in [-0.25, -0.2) is 4.79 Å². The first-order valence-electron chi connectivity index (χ1n) is 11.0. The Bertz CT molecular complexity index is 1030. The molecule has 2 aromatic rings. The van der Waals surface area contributed by atoms with Crippen LogP contribution in [0.15, 0.2) is 30.6 Å². The van der Waals surface area contributed by atoms with Crippen molar-refractivity contribution in [1.82, 2.24) is 9.88 Å². The number of anilines is 2. The summed E-state index contributed by atoms with van der Waals surface area (Å²) in [5.41, 5.74) is 8.79. The van der Waals surface area contributed by atoms with Gasteiger partial charge < -0.3 is 30.9 Å². The van der Waals surface area contributed by atoms with Gasteiger partial charge in [0, 0.05) is 29.9 Å². The van der Waals surface area contributed by atoms with Crippen LogP contribution in [0.25, 0.3) is 6.08 Å². The molecule has 0 aromatic carbocycles. The standard InChI is InChI=1S/C23H28N4O5S/c24-21-16-5-3-15(13-32-23(31)27-9-7-17(28)18(29)12-27)10-19(16)33-22(21)26-20(30)6-4-14-2-1-8-25-11-14/h1-2,4,6,8,11,15,17-18,28-29H,3,5,7,9-10,12-13,24H2,(H,26,30)/b6-4+. The second kappa shape index (κ2) is 10.3. The molecule has 3 unspecified atom stereocenters. The highest BCUT2D eigenvalue weighted by molar-refractivity contribution is 7.17. The smallest absolute Gasteiger partial charge is 0.409 e. The molecule has 5 N–H and O–H groups in total. The van der Waals surface area contributed by atoms with E-state index in [1.165, 1.54) is 22.3 Å². The fourth-order valence-corrected chi connectivity index (χ4v) is 5.36. The van der Waals surface area contributed by atoms with Gasteiger partial charge >= 0.3 is 6.09 Å². The molecule has 3 heterocycles. The molecule has 4 rings (SSSR count). The number of carbonyl (C=O) groups excluding carboxylic acids is 2. The van der Waals surface area contributed by atoms with Gasteiger partial charge in [-0.1, -0.05) is 6.07 Å². The molecule has 1 aliphatic carbocycles. The van der Waals surface area contributed by atoms with Crippen LogP contribution in [-0.4, -0.2) is 64.0 Å². The van der Waals surface area contributed by atoms with Crippen molar-refractivity contribution in [3.8, 4) is 0 Å². The van der Waals surface area contributed by atoms with Crippen LogP contribution in [0, 0.1) is 5.92 Å². The Morgan fingerprint density at radius 1 is 1.33 bits per heavy atom. The third-order valence-electron chi connectivity index (χ3n) is 6.00. The van der Waals surface area contributed by atoms with Gasteiger partial charge in [-0.3, -0.25) is 9.78 Å². The van der Waals surface area contributed by atoms with E-state index in [0.29, 0.717) is 23.7 Å². The quantitative estimate of drug-likeness (QED) is 0.489. The molecular formula is C23H28N4O5S. The lowest BCUT2D eigenvalue weighted by Crippen LogP contribution is -2.49. The normalized spacial score (nSPS) is 22.7. The Hall–Kier alpha value is -2.95. The molecule has 176 valence electrons. The van der Waals surface area contributed by atoms with Gasteiger partial charge in [-0.05, 0) is 54.9 Å². The van der Waals surface area contributed by atoms with Crippen LogP contribution in [0.1, 0.15) is 28.8 Å². The minimum atomic E-state index is -0.939. The number of fused-ring (bicyclic) bond motifs is 1. The molecule has 2 aromatic heterocycles. The number of rotatable bonds is 5. The summed E-state index contributed by atoms with van der Waals surface area (Å²) in [6.07, 6.45) is 6.94. The summed E-state index contributed by atoms with van der Waals surface area (Å²) >= 11 is 1.46. The van der Waals surface area contributed by atoms with Gasteiger partial charge in [0.05, 0.1) is 31.0 Å². The second-order valence-electron chi connectivity index (χ2n) is 8.41. The molecule has 3 atom stereocenters. The molecule has 1 saturated heterocycles. The predicted molar refractivity (Wildman–Crippen MR) is 126 cm³/mol. The van der Waals surface area contributed by atoms with Gasteiger partial charge in [0.2, 0.25) is 5.91 Å². The Labute approximate surface area is 195 Å². The van der Waals surface area contributed by atoms with Crippen molar-refractivity contribution in [2.75, 3.05) is 30.7 Å². The molecule has 1 fully saturated rings. The van der Waals surface area contributed by atoms with E-state index in [2.05, 4.69) is 10.3 Å². The van der Waals surface area contributed by atoms with E-state index in [-0.39, 0.29) is 25.0 Å². The Morgan fingerprint density at radius 3 is 2.94 bits per heavy atom. The number of likely N-dealkylation sites (tertiary alicyclic amines) is 1. The maximum Gasteiger partial charge on any atom is 0.409 e. The van der Waals surface area contributed by atoms with Crippen LogP contribution >= 0.6 is 11.3 Å². The maximum absolute atomic E-state index is 12.3. The molecule has 10 heteroatoms. The fraction of sp³-hybridized carbons (Fsp3) is 0.435. The molecule has 1 aliphatic heterocycles. The number of nitrogens with zero attached hydrogens (tertiary/aromatic N) is 2. The summed E-state index contributed by atoms with van der Waals surface area (Å²) in [5.74, 6) is -0.0997. The molecule has 0 radical (unpaired) electrons. The summed E-state index contributed by atoms with van der Waals surface area (Å²) in [7, 11) is 0. The first-order valence-corrected chi connectivity index (χ1v) is 11.8. The lowest BCUT2D eigenvalue weighted by atomic mass is 9.89. The average Bonchev–Trinajstić information content (AvgIpc) is 3.13. The number of piperidine rings is 1. The predicted octanol–water partition coefficient (Wildman–Crippen LogP) is 2.05. The third-order valence-corrected chi connectivity index (χ3v) is 7.19. The van der Waals surface area contributed by atoms with Crippen molar-refractivity contribution in [3.05, 3.63) is 46.6 Å². The first kappa shape index (κ1) is 23.2. The molecule has 33 heavy (non-hydrogen) atoms. The molecule has 0 bridgehead atoms. The van der Waals surface area contributed by atoms with Crippen LogP contribution < -0.4 is 11.1 Å². The SMILES string of the molecule is Nc1c(NC(=O)/C=C/c2cccnc2)sc2c1CCC(COC(=O)N1CCC(O)C(O)C1)C2. The van der Waals surface area contributed by atoms with Crippen LogP contribution in [0.5, 0.6) is 0 Å². The van der Waals surface area contributed by atoms with E-state index < -0.39 is 18.3 Å². The highest BCUT2D eigenvalue weighted by Gasteiger charge is 2.31. The molecule has 0 saturated carbocycles. The van der Waals surface area contributed by atoms with E-state index in [9.17, 15) is 19.8 Å². The fourth-order valence-electron chi connectivity index (χ4n) is 4.08. The Balaban J connectivity index is 1.30. The molecule has 0 spiro atoms. The number of nitrogen functional groups attached to an aromatic ring is 1. The second-order valence-corrected chi connectivity index (χ2v) is 9.52. The number of nitrogens with two attached hydrogens (primary N) is 1. The monoisotopic (exact) mass is 472 g/mol. The number of aromatic nitrogens is 1. The van der Waals surface area contributed by atoms with Crippen LogP contribution in [-0.2, 0) is 22.4 Å². The van der Waals surface area contributed by atoms with Crippen molar-refractivity contribution < 1.29 is 24.5 Å². The topological polar surface area (TPSA) is 138 Å². The molecule has 9 nitrogen and oxygen atoms in total. The lowest BCUT2D eigenvalue weighted by Gasteiger charge is -2.33. The van der Waals surface area contributed by atoms with E-state index in [1.54, 1.807) is 24.5 Å². The van der Waals surface area contributed by atoms with Gasteiger partial charge in [0.15, 0.2) is 0 Å². The number of nitrogens with one attached hydrogen (secondary N) is 1. The zero-order valence-corrected chi connectivity index (χ0v) is 19.0. The summed E-state index contributed by atoms with van der Waals surface area (Å²) in [6, 6.07) is 3.66. The van der Waals surface area contributed by atoms with Crippen molar-refractivity contribution >= 4 is 40.1 Å².